The maximum atomic E-state index is 14.4. The number of carboxylic acids is 1. The molecule has 0 saturated carbocycles. The standard InChI is InChI=1S/C46H80N14O15/c1-22(2)18-28(39(68)53-27(13-14-34(47)64)38(67)58-31(21-62)45(74)75)55-36(65)24(5)52-37(66)26(10-7-15-51-46(49)50)54-41(70)32-11-8-16-59(32)44(73)33-12-9-17-60(33)43(72)29(19-23(3)4)56-40(69)30(20-61)57-42(71)35(48)25(6)63/h22-33,35,61-63H,7-21,48H2,1-6H3,(H2,47,64)(H,52,66)(H,53,68)(H,54,70)(H,55,65)(H,56,69)(H,57,71)(H,58,67)(H,74,75)(H4,49,50,51)/t24-,25+,26-,27-,28-,29-,30-,31-,32-,33-,35-/m0/s1. The van der Waals surface area contributed by atoms with Gasteiger partial charge in [0.25, 0.3) is 0 Å². The summed E-state index contributed by atoms with van der Waals surface area (Å²) < 4.78 is 0. The fraction of sp³-hybridized carbons (Fsp3) is 0.739. The third-order valence-corrected chi connectivity index (χ3v) is 12.4. The van der Waals surface area contributed by atoms with Crippen molar-refractivity contribution < 1.29 is 73.2 Å². The smallest absolute Gasteiger partial charge is 0.328 e. The van der Waals surface area contributed by atoms with Crippen molar-refractivity contribution in [1.82, 2.24) is 47.0 Å². The van der Waals surface area contributed by atoms with Crippen LogP contribution in [-0.4, -0.2) is 201 Å². The predicted molar refractivity (Wildman–Crippen MR) is 267 cm³/mol. The fourth-order valence-corrected chi connectivity index (χ4v) is 8.33. The van der Waals surface area contributed by atoms with Crippen LogP contribution in [0.15, 0.2) is 4.99 Å². The van der Waals surface area contributed by atoms with Gasteiger partial charge in [-0.1, -0.05) is 27.7 Å². The summed E-state index contributed by atoms with van der Waals surface area (Å²) in [6, 6.07) is -13.5. The normalized spacial score (nSPS) is 18.9. The Balaban J connectivity index is 2.30. The average molecular weight is 1070 g/mol. The lowest BCUT2D eigenvalue weighted by Crippen LogP contribution is -2.60. The highest BCUT2D eigenvalue weighted by molar-refractivity contribution is 5.99. The number of carbonyl (C=O) groups excluding carboxylic acids is 10. The number of aliphatic imine (C=N–C) groups is 1. The van der Waals surface area contributed by atoms with Gasteiger partial charge in [-0.2, -0.15) is 0 Å². The zero-order valence-corrected chi connectivity index (χ0v) is 43.5. The van der Waals surface area contributed by atoms with Crippen molar-refractivity contribution in [3.05, 3.63) is 0 Å². The number of primary amides is 1. The number of rotatable bonds is 31. The van der Waals surface area contributed by atoms with Gasteiger partial charge in [-0.15, -0.1) is 0 Å². The van der Waals surface area contributed by atoms with Crippen molar-refractivity contribution in [2.45, 2.75) is 172 Å². The largest absolute Gasteiger partial charge is 0.480 e. The van der Waals surface area contributed by atoms with Gasteiger partial charge in [0.05, 0.1) is 19.3 Å². The Morgan fingerprint density at radius 1 is 0.587 bits per heavy atom. The summed E-state index contributed by atoms with van der Waals surface area (Å²) in [4.78, 5) is 152. The van der Waals surface area contributed by atoms with Crippen molar-refractivity contribution in [3.8, 4) is 0 Å². The minimum absolute atomic E-state index is 0.00679. The van der Waals surface area contributed by atoms with Crippen molar-refractivity contribution in [3.63, 3.8) is 0 Å². The lowest BCUT2D eigenvalue weighted by atomic mass is 10.0. The zero-order valence-electron chi connectivity index (χ0n) is 43.5. The van der Waals surface area contributed by atoms with Crippen LogP contribution in [0, 0.1) is 11.8 Å². The van der Waals surface area contributed by atoms with Crippen LogP contribution >= 0.6 is 0 Å². The van der Waals surface area contributed by atoms with E-state index >= 15 is 0 Å². The second kappa shape index (κ2) is 31.2. The van der Waals surface area contributed by atoms with Crippen LogP contribution in [0.25, 0.3) is 0 Å². The predicted octanol–water partition coefficient (Wildman–Crippen LogP) is -6.43. The van der Waals surface area contributed by atoms with Gasteiger partial charge < -0.3 is 90.4 Å². The third-order valence-electron chi connectivity index (χ3n) is 12.4. The highest BCUT2D eigenvalue weighted by Crippen LogP contribution is 2.27. The second-order valence-corrected chi connectivity index (χ2v) is 19.7. The Kier molecular flexibility index (Phi) is 26.8. The number of nitrogens with one attached hydrogen (secondary N) is 7. The minimum Gasteiger partial charge on any atom is -0.480 e. The number of carbonyl (C=O) groups is 11. The molecule has 2 heterocycles. The molecule has 0 unspecified atom stereocenters. The van der Waals surface area contributed by atoms with E-state index in [1.54, 1.807) is 27.7 Å². The van der Waals surface area contributed by atoms with E-state index in [1.165, 1.54) is 23.6 Å². The quantitative estimate of drug-likeness (QED) is 0.0174. The molecule has 424 valence electrons. The molecule has 2 saturated heterocycles. The molecule has 29 heteroatoms. The molecule has 0 aliphatic carbocycles. The molecule has 0 aromatic heterocycles. The molecular weight excluding hydrogens is 989 g/mol. The van der Waals surface area contributed by atoms with Gasteiger partial charge in [0.15, 0.2) is 5.96 Å². The average Bonchev–Trinajstić information content (AvgIpc) is 4.04. The zero-order chi connectivity index (χ0) is 56.9. The number of amides is 10. The van der Waals surface area contributed by atoms with Gasteiger partial charge in [-0.25, -0.2) is 4.79 Å². The summed E-state index contributed by atoms with van der Waals surface area (Å²) in [5, 5.41) is 55.4. The first kappa shape index (κ1) is 64.4. The van der Waals surface area contributed by atoms with Gasteiger partial charge in [-0.05, 0) is 83.5 Å². The summed E-state index contributed by atoms with van der Waals surface area (Å²) in [5.41, 5.74) is 21.9. The molecule has 10 amide bonds. The number of nitrogens with two attached hydrogens (primary N) is 4. The minimum atomic E-state index is -1.74. The molecule has 0 aromatic carbocycles. The lowest BCUT2D eigenvalue weighted by Gasteiger charge is -2.34. The van der Waals surface area contributed by atoms with E-state index < -0.39 is 151 Å². The number of aliphatic carboxylic acids is 1. The Morgan fingerprint density at radius 3 is 1.61 bits per heavy atom. The first-order chi connectivity index (χ1) is 35.1. The number of aliphatic hydroxyl groups excluding tert-OH is 3. The van der Waals surface area contributed by atoms with E-state index in [4.69, 9.17) is 22.9 Å². The van der Waals surface area contributed by atoms with Gasteiger partial charge >= 0.3 is 5.97 Å². The molecule has 0 bridgehead atoms. The van der Waals surface area contributed by atoms with Crippen molar-refractivity contribution in [2.75, 3.05) is 32.8 Å². The summed E-state index contributed by atoms with van der Waals surface area (Å²) in [7, 11) is 0. The number of likely N-dealkylation sites (tertiary alicyclic amines) is 2. The number of aliphatic hydroxyl groups is 3. The van der Waals surface area contributed by atoms with Crippen LogP contribution < -0.4 is 60.2 Å². The molecule has 75 heavy (non-hydrogen) atoms. The molecule has 2 fully saturated rings. The number of carboxylic acid groups (broad SMARTS) is 1. The van der Waals surface area contributed by atoms with Gasteiger partial charge in [0, 0.05) is 26.1 Å². The van der Waals surface area contributed by atoms with Crippen LogP contribution in [0.1, 0.15) is 106 Å². The number of hydrogen-bond donors (Lipinski definition) is 15. The van der Waals surface area contributed by atoms with Gasteiger partial charge in [-0.3, -0.25) is 52.9 Å². The van der Waals surface area contributed by atoms with Crippen molar-refractivity contribution in [2.24, 2.45) is 39.8 Å². The van der Waals surface area contributed by atoms with E-state index in [9.17, 15) is 73.2 Å². The molecular formula is C46H80N14O15. The first-order valence-electron chi connectivity index (χ1n) is 25.1. The maximum Gasteiger partial charge on any atom is 0.328 e. The topological polar surface area (TPSA) is 476 Å². The summed E-state index contributed by atoms with van der Waals surface area (Å²) in [6.07, 6.45) is -0.604. The highest BCUT2D eigenvalue weighted by Gasteiger charge is 2.45. The van der Waals surface area contributed by atoms with Crippen LogP contribution in [-0.2, 0) is 52.7 Å². The molecule has 2 aliphatic rings. The van der Waals surface area contributed by atoms with Crippen LogP contribution in [0.2, 0.25) is 0 Å². The number of nitrogens with zero attached hydrogens (tertiary/aromatic N) is 3. The first-order valence-corrected chi connectivity index (χ1v) is 25.1. The Bertz CT molecular complexity index is 2050. The molecule has 29 nitrogen and oxygen atoms in total. The van der Waals surface area contributed by atoms with E-state index in [0.717, 1.165) is 0 Å². The molecule has 2 rings (SSSR count). The molecule has 11 atom stereocenters. The van der Waals surface area contributed by atoms with Gasteiger partial charge in [0.2, 0.25) is 59.1 Å². The van der Waals surface area contributed by atoms with E-state index in [2.05, 4.69) is 42.2 Å². The summed E-state index contributed by atoms with van der Waals surface area (Å²) in [6.45, 7) is 8.12. The monoisotopic (exact) mass is 1070 g/mol. The van der Waals surface area contributed by atoms with E-state index in [1.807, 2.05) is 0 Å². The SMILES string of the molecule is CC(C)C[C@H](NC(=O)[C@H](C)NC(=O)[C@H](CCCN=C(N)N)NC(=O)[C@@H]1CCCN1C(=O)[C@@H]1CCCN1C(=O)[C@H](CC(C)C)NC(=O)[C@H](CO)NC(=O)[C@@H](N)[C@@H](C)O)C(=O)N[C@@H](CCC(N)=O)C(=O)N[C@@H](CO)C(=O)O. The van der Waals surface area contributed by atoms with E-state index in [0.29, 0.717) is 12.8 Å². The van der Waals surface area contributed by atoms with Crippen molar-refractivity contribution >= 4 is 71.0 Å². The van der Waals surface area contributed by atoms with E-state index in [-0.39, 0.29) is 82.4 Å². The van der Waals surface area contributed by atoms with Gasteiger partial charge in [0.1, 0.15) is 60.4 Å². The number of guanidine groups is 1. The highest BCUT2D eigenvalue weighted by atomic mass is 16.4. The third kappa shape index (κ3) is 20.8. The molecule has 0 aromatic rings. The molecule has 19 N–H and O–H groups in total. The summed E-state index contributed by atoms with van der Waals surface area (Å²) >= 11 is 0. The maximum absolute atomic E-state index is 14.4. The van der Waals surface area contributed by atoms with Crippen molar-refractivity contribution in [1.29, 1.82) is 0 Å². The van der Waals surface area contributed by atoms with Crippen LogP contribution in [0.5, 0.6) is 0 Å². The van der Waals surface area contributed by atoms with Crippen LogP contribution in [0.3, 0.4) is 0 Å². The molecule has 2 aliphatic heterocycles. The summed E-state index contributed by atoms with van der Waals surface area (Å²) in [5.74, 6) is -10.4. The Labute approximate surface area is 435 Å². The second-order valence-electron chi connectivity index (χ2n) is 19.7. The lowest BCUT2D eigenvalue weighted by molar-refractivity contribution is -0.148. The fourth-order valence-electron chi connectivity index (χ4n) is 8.33. The molecule has 0 radical (unpaired) electrons. The Morgan fingerprint density at radius 2 is 1.07 bits per heavy atom. The number of hydrogen-bond acceptors (Lipinski definition) is 16. The van der Waals surface area contributed by atoms with Crippen LogP contribution in [0.4, 0.5) is 0 Å². The molecule has 0 spiro atoms. The Hall–Kier alpha value is -6.72.